The highest BCUT2D eigenvalue weighted by atomic mass is 16.6. The maximum Gasteiger partial charge on any atom is 0.306 e. The van der Waals surface area contributed by atoms with Gasteiger partial charge in [0.15, 0.2) is 0 Å². The number of ether oxygens (including phenoxy) is 2. The van der Waals surface area contributed by atoms with Gasteiger partial charge in [-0.25, -0.2) is 0 Å². The quantitative estimate of drug-likeness (QED) is 0.0377. The largest absolute Gasteiger partial charge is 0.457 e. The average Bonchev–Trinajstić information content (AvgIpc) is 3.24. The number of carbonyl (C=O) groups excluding carboxylic acids is 1. The van der Waals surface area contributed by atoms with Crippen molar-refractivity contribution < 1.29 is 19.4 Å². The lowest BCUT2D eigenvalue weighted by atomic mass is 10.0. The molecule has 0 aliphatic rings. The van der Waals surface area contributed by atoms with Crippen molar-refractivity contribution in [2.24, 2.45) is 0 Å². The third kappa shape index (κ3) is 50.6. The van der Waals surface area contributed by atoms with E-state index in [1.165, 1.54) is 205 Å². The standard InChI is InChI=1S/C55H102O4/c1-3-5-7-9-11-13-15-17-19-21-23-25-27-29-31-33-35-37-39-41-43-45-47-49-51-58-53-54(52-56)59-55(57)50-48-46-44-42-40-38-36-34-32-30-28-26-24-22-20-18-16-14-12-10-8-6-4-2/h6,8,12,14,18,20,24,26,54,56H,3-5,7,9-11,13,15-17,19,21-23,25,27-53H2,1-2H3/b8-6-,14-12-,20-18-,26-24-. The minimum absolute atomic E-state index is 0.171. The Bertz CT molecular complexity index is 920. The fourth-order valence-electron chi connectivity index (χ4n) is 7.79. The summed E-state index contributed by atoms with van der Waals surface area (Å²) in [5.74, 6) is -0.201. The summed E-state index contributed by atoms with van der Waals surface area (Å²) in [6.07, 6.45) is 69.3. The Morgan fingerprint density at radius 3 is 1.15 bits per heavy atom. The third-order valence-corrected chi connectivity index (χ3v) is 11.7. The molecule has 59 heavy (non-hydrogen) atoms. The Morgan fingerprint density at radius 2 is 0.763 bits per heavy atom. The highest BCUT2D eigenvalue weighted by Gasteiger charge is 2.13. The van der Waals surface area contributed by atoms with Crippen LogP contribution in [0.5, 0.6) is 0 Å². The van der Waals surface area contributed by atoms with Crippen molar-refractivity contribution in [1.29, 1.82) is 0 Å². The predicted molar refractivity (Wildman–Crippen MR) is 260 cm³/mol. The minimum atomic E-state index is -0.536. The average molecular weight is 827 g/mol. The zero-order chi connectivity index (χ0) is 42.6. The van der Waals surface area contributed by atoms with Gasteiger partial charge in [-0.3, -0.25) is 4.79 Å². The van der Waals surface area contributed by atoms with Gasteiger partial charge in [0.25, 0.3) is 0 Å². The van der Waals surface area contributed by atoms with Crippen LogP contribution in [0.25, 0.3) is 0 Å². The first kappa shape index (κ1) is 57.3. The molecule has 0 aromatic carbocycles. The number of esters is 1. The summed E-state index contributed by atoms with van der Waals surface area (Å²) >= 11 is 0. The molecular weight excluding hydrogens is 725 g/mol. The molecule has 0 aliphatic carbocycles. The van der Waals surface area contributed by atoms with Gasteiger partial charge in [-0.05, 0) is 51.4 Å². The van der Waals surface area contributed by atoms with Gasteiger partial charge < -0.3 is 14.6 Å². The van der Waals surface area contributed by atoms with Gasteiger partial charge in [0.05, 0.1) is 13.2 Å². The Labute approximate surface area is 369 Å². The van der Waals surface area contributed by atoms with Crippen LogP contribution in [0.2, 0.25) is 0 Å². The van der Waals surface area contributed by atoms with Gasteiger partial charge in [-0.15, -0.1) is 0 Å². The van der Waals surface area contributed by atoms with Crippen LogP contribution in [0.1, 0.15) is 271 Å². The number of rotatable bonds is 49. The van der Waals surface area contributed by atoms with Gasteiger partial charge >= 0.3 is 5.97 Å². The van der Waals surface area contributed by atoms with Gasteiger partial charge in [0.2, 0.25) is 0 Å². The molecular formula is C55H102O4. The van der Waals surface area contributed by atoms with Crippen molar-refractivity contribution in [2.75, 3.05) is 19.8 Å². The molecule has 0 heterocycles. The van der Waals surface area contributed by atoms with Crippen molar-refractivity contribution in [3.05, 3.63) is 48.6 Å². The molecule has 4 heteroatoms. The lowest BCUT2D eigenvalue weighted by molar-refractivity contribution is -0.154. The summed E-state index contributed by atoms with van der Waals surface area (Å²) in [5, 5.41) is 9.66. The first-order chi connectivity index (χ1) is 29.2. The van der Waals surface area contributed by atoms with E-state index in [9.17, 15) is 9.90 Å². The van der Waals surface area contributed by atoms with Crippen LogP contribution in [-0.2, 0) is 14.3 Å². The number of carbonyl (C=O) groups is 1. The maximum absolute atomic E-state index is 12.3. The molecule has 1 atom stereocenters. The smallest absolute Gasteiger partial charge is 0.306 e. The predicted octanol–water partition coefficient (Wildman–Crippen LogP) is 17.8. The molecule has 0 radical (unpaired) electrons. The minimum Gasteiger partial charge on any atom is -0.457 e. The van der Waals surface area contributed by atoms with E-state index < -0.39 is 6.10 Å². The molecule has 0 spiro atoms. The number of hydrogen-bond donors (Lipinski definition) is 1. The van der Waals surface area contributed by atoms with Crippen LogP contribution in [0.3, 0.4) is 0 Å². The second-order valence-corrected chi connectivity index (χ2v) is 17.6. The van der Waals surface area contributed by atoms with Gasteiger partial charge in [0.1, 0.15) is 6.10 Å². The number of hydrogen-bond acceptors (Lipinski definition) is 4. The molecule has 0 bridgehead atoms. The van der Waals surface area contributed by atoms with Crippen LogP contribution in [-0.4, -0.2) is 37.0 Å². The molecule has 0 saturated heterocycles. The Morgan fingerprint density at radius 1 is 0.424 bits per heavy atom. The van der Waals surface area contributed by atoms with Crippen molar-refractivity contribution in [3.8, 4) is 0 Å². The summed E-state index contributed by atoms with van der Waals surface area (Å²) in [6, 6.07) is 0. The van der Waals surface area contributed by atoms with Crippen LogP contribution in [0, 0.1) is 0 Å². The fraction of sp³-hybridized carbons (Fsp3) is 0.836. The molecule has 1 unspecified atom stereocenters. The van der Waals surface area contributed by atoms with Crippen molar-refractivity contribution in [3.63, 3.8) is 0 Å². The van der Waals surface area contributed by atoms with Crippen LogP contribution in [0.4, 0.5) is 0 Å². The monoisotopic (exact) mass is 827 g/mol. The molecule has 0 rings (SSSR count). The Hall–Kier alpha value is -1.65. The van der Waals surface area contributed by atoms with Crippen molar-refractivity contribution in [1.82, 2.24) is 0 Å². The molecule has 0 aliphatic heterocycles. The first-order valence-electron chi connectivity index (χ1n) is 26.2. The summed E-state index contributed by atoms with van der Waals surface area (Å²) in [5.41, 5.74) is 0. The van der Waals surface area contributed by atoms with E-state index in [2.05, 4.69) is 62.5 Å². The highest BCUT2D eigenvalue weighted by molar-refractivity contribution is 5.69. The molecule has 0 amide bonds. The second kappa shape index (κ2) is 52.5. The molecule has 4 nitrogen and oxygen atoms in total. The van der Waals surface area contributed by atoms with E-state index >= 15 is 0 Å². The second-order valence-electron chi connectivity index (χ2n) is 17.6. The van der Waals surface area contributed by atoms with E-state index in [0.717, 1.165) is 44.9 Å². The topological polar surface area (TPSA) is 55.8 Å². The summed E-state index contributed by atoms with van der Waals surface area (Å²) < 4.78 is 11.2. The van der Waals surface area contributed by atoms with E-state index in [4.69, 9.17) is 9.47 Å². The van der Waals surface area contributed by atoms with Crippen molar-refractivity contribution in [2.45, 2.75) is 277 Å². The lowest BCUT2D eigenvalue weighted by Crippen LogP contribution is -2.27. The zero-order valence-corrected chi connectivity index (χ0v) is 39.8. The van der Waals surface area contributed by atoms with Gasteiger partial charge in [-0.2, -0.15) is 0 Å². The number of aliphatic hydroxyl groups excluding tert-OH is 1. The summed E-state index contributed by atoms with van der Waals surface area (Å²) in [6.45, 7) is 5.27. The lowest BCUT2D eigenvalue weighted by Gasteiger charge is -2.16. The van der Waals surface area contributed by atoms with E-state index in [1.54, 1.807) is 0 Å². The maximum atomic E-state index is 12.3. The molecule has 0 saturated carbocycles. The van der Waals surface area contributed by atoms with Gasteiger partial charge in [-0.1, -0.05) is 262 Å². The fourth-order valence-corrected chi connectivity index (χ4v) is 7.79. The molecule has 0 aromatic rings. The molecule has 0 fully saturated rings. The zero-order valence-electron chi connectivity index (χ0n) is 39.8. The third-order valence-electron chi connectivity index (χ3n) is 11.7. The van der Waals surface area contributed by atoms with Crippen LogP contribution in [0.15, 0.2) is 48.6 Å². The number of allylic oxidation sites excluding steroid dienone is 8. The summed E-state index contributed by atoms with van der Waals surface area (Å²) in [7, 11) is 0. The molecule has 0 aromatic heterocycles. The van der Waals surface area contributed by atoms with Crippen LogP contribution >= 0.6 is 0 Å². The first-order valence-corrected chi connectivity index (χ1v) is 26.2. The number of aliphatic hydroxyl groups is 1. The van der Waals surface area contributed by atoms with Gasteiger partial charge in [0, 0.05) is 13.0 Å². The van der Waals surface area contributed by atoms with E-state index in [0.29, 0.717) is 19.6 Å². The number of unbranched alkanes of at least 4 members (excludes halogenated alkanes) is 33. The highest BCUT2D eigenvalue weighted by Crippen LogP contribution is 2.17. The Kier molecular flexibility index (Phi) is 51.0. The normalized spacial score (nSPS) is 12.7. The van der Waals surface area contributed by atoms with E-state index in [1.807, 2.05) is 0 Å². The summed E-state index contributed by atoms with van der Waals surface area (Å²) in [4.78, 5) is 12.3. The van der Waals surface area contributed by atoms with E-state index in [-0.39, 0.29) is 12.6 Å². The SMILES string of the molecule is CC/C=C\C/C=C\C/C=C\C/C=C\CCCCCCCCCCCCC(=O)OC(CO)COCCCCCCCCCCCCCCCCCCCCCCCCCC. The van der Waals surface area contributed by atoms with Crippen molar-refractivity contribution >= 4 is 5.97 Å². The molecule has 1 N–H and O–H groups in total. The Balaban J connectivity index is 3.38. The van der Waals surface area contributed by atoms with Crippen LogP contribution < -0.4 is 0 Å². The molecule has 346 valence electrons.